The molecule has 0 unspecified atom stereocenters. The first kappa shape index (κ1) is 16.7. The Hall–Kier alpha value is -1.64. The Kier molecular flexibility index (Phi) is 4.74. The second-order valence-electron chi connectivity index (χ2n) is 5.88. The summed E-state index contributed by atoms with van der Waals surface area (Å²) in [5, 5.41) is 2.61. The maximum atomic E-state index is 12.2. The van der Waals surface area contributed by atoms with Crippen LogP contribution in [-0.4, -0.2) is 39.0 Å². The van der Waals surface area contributed by atoms with Crippen LogP contribution < -0.4 is 5.32 Å². The lowest BCUT2D eigenvalue weighted by atomic mass is 10.1. The Labute approximate surface area is 142 Å². The second kappa shape index (κ2) is 6.23. The van der Waals surface area contributed by atoms with Gasteiger partial charge in [-0.05, 0) is 32.9 Å². The third kappa shape index (κ3) is 3.76. The van der Waals surface area contributed by atoms with Gasteiger partial charge in [0.2, 0.25) is 0 Å². The number of benzene rings is 1. The fourth-order valence-corrected chi connectivity index (χ4v) is 2.69. The van der Waals surface area contributed by atoms with E-state index in [1.54, 1.807) is 45.0 Å². The molecule has 0 radical (unpaired) electrons. The zero-order valence-corrected chi connectivity index (χ0v) is 14.7. The zero-order chi connectivity index (χ0) is 16.5. The minimum absolute atomic E-state index is 0.0894. The van der Waals surface area contributed by atoms with Gasteiger partial charge in [0.15, 0.2) is 0 Å². The van der Waals surface area contributed by atoms with Crippen molar-refractivity contribution in [2.45, 2.75) is 30.4 Å². The lowest BCUT2D eigenvalue weighted by molar-refractivity contribution is 0.0499. The van der Waals surface area contributed by atoms with Crippen LogP contribution in [0.25, 0.3) is 0 Å². The molecule has 3 amide bonds. The number of halogens is 1. The van der Waals surface area contributed by atoms with Gasteiger partial charge in [-0.15, -0.1) is 0 Å². The van der Waals surface area contributed by atoms with Gasteiger partial charge in [-0.1, -0.05) is 34.7 Å². The van der Waals surface area contributed by atoms with E-state index in [2.05, 4.69) is 5.32 Å². The minimum Gasteiger partial charge on any atom is -0.444 e. The molecule has 1 aromatic carbocycles. The largest absolute Gasteiger partial charge is 0.444 e. The number of alkyl halides is 1. The number of carbonyl (C=O) groups excluding carboxylic acids is 3. The molecule has 22 heavy (non-hydrogen) atoms. The molecule has 1 aromatic rings. The van der Waals surface area contributed by atoms with Gasteiger partial charge in [0, 0.05) is 0 Å². The molecular weight excluding hydrogens is 399 g/mol. The highest BCUT2D eigenvalue weighted by molar-refractivity contribution is 14.1. The zero-order valence-electron chi connectivity index (χ0n) is 12.6. The van der Waals surface area contributed by atoms with Crippen molar-refractivity contribution >= 4 is 40.5 Å². The molecule has 7 heteroatoms. The van der Waals surface area contributed by atoms with Crippen molar-refractivity contribution in [2.24, 2.45) is 0 Å². The summed E-state index contributed by atoms with van der Waals surface area (Å²) >= 11 is 1.96. The summed E-state index contributed by atoms with van der Waals surface area (Å²) in [6, 6.07) is 6.68. The Morgan fingerprint density at radius 3 is 2.18 bits per heavy atom. The fourth-order valence-electron chi connectivity index (χ4n) is 2.05. The van der Waals surface area contributed by atoms with Crippen molar-refractivity contribution < 1.29 is 19.1 Å². The maximum Gasteiger partial charge on any atom is 0.408 e. The molecule has 6 nitrogen and oxygen atoms in total. The van der Waals surface area contributed by atoms with Crippen molar-refractivity contribution in [1.29, 1.82) is 0 Å². The van der Waals surface area contributed by atoms with E-state index in [1.807, 2.05) is 22.6 Å². The normalized spacial score (nSPS) is 15.5. The van der Waals surface area contributed by atoms with Crippen molar-refractivity contribution in [3.8, 4) is 0 Å². The average molecular weight is 416 g/mol. The lowest BCUT2D eigenvalue weighted by Crippen LogP contribution is -2.44. The molecule has 1 heterocycles. The quantitative estimate of drug-likeness (QED) is 0.356. The van der Waals surface area contributed by atoms with E-state index in [-0.39, 0.29) is 18.4 Å². The Balaban J connectivity index is 1.99. The molecule has 2 rings (SSSR count). The number of ether oxygens (including phenoxy) is 1. The predicted molar refractivity (Wildman–Crippen MR) is 89.0 cm³/mol. The summed E-state index contributed by atoms with van der Waals surface area (Å²) in [6.07, 6.45) is -0.580. The first-order valence-electron chi connectivity index (χ1n) is 6.78. The van der Waals surface area contributed by atoms with Gasteiger partial charge in [0.1, 0.15) is 9.65 Å². The van der Waals surface area contributed by atoms with Crippen LogP contribution in [0.5, 0.6) is 0 Å². The van der Waals surface area contributed by atoms with Gasteiger partial charge in [0.25, 0.3) is 11.8 Å². The Morgan fingerprint density at radius 2 is 1.73 bits per heavy atom. The molecule has 118 valence electrons. The number of fused-ring (bicyclic) bond motifs is 1. The number of nitrogens with one attached hydrogen (secondary N) is 1. The van der Waals surface area contributed by atoms with Gasteiger partial charge in [0.05, 0.1) is 17.7 Å². The van der Waals surface area contributed by atoms with E-state index in [0.717, 1.165) is 4.90 Å². The van der Waals surface area contributed by atoms with E-state index < -0.39 is 15.7 Å². The number of rotatable bonds is 3. The van der Waals surface area contributed by atoms with E-state index in [0.29, 0.717) is 11.1 Å². The van der Waals surface area contributed by atoms with E-state index >= 15 is 0 Å². The molecule has 0 fully saturated rings. The molecule has 0 saturated heterocycles. The van der Waals surface area contributed by atoms with Crippen LogP contribution in [0.1, 0.15) is 41.5 Å². The van der Waals surface area contributed by atoms with Crippen LogP contribution in [0, 0.1) is 0 Å². The lowest BCUT2D eigenvalue weighted by Gasteiger charge is -2.23. The molecule has 0 aromatic heterocycles. The van der Waals surface area contributed by atoms with E-state index in [1.165, 1.54) is 0 Å². The third-order valence-corrected chi connectivity index (χ3v) is 3.60. The van der Waals surface area contributed by atoms with Crippen molar-refractivity contribution in [2.75, 3.05) is 6.54 Å². The van der Waals surface area contributed by atoms with Crippen molar-refractivity contribution in [3.05, 3.63) is 35.4 Å². The predicted octanol–water partition coefficient (Wildman–Crippen LogP) is 2.57. The summed E-state index contributed by atoms with van der Waals surface area (Å²) in [7, 11) is 0. The van der Waals surface area contributed by atoms with Gasteiger partial charge >= 0.3 is 6.09 Å². The molecule has 0 saturated carbocycles. The topological polar surface area (TPSA) is 75.7 Å². The van der Waals surface area contributed by atoms with Gasteiger partial charge in [-0.25, -0.2) is 4.79 Å². The average Bonchev–Trinajstić information content (AvgIpc) is 2.62. The first-order chi connectivity index (χ1) is 10.2. The molecule has 0 spiro atoms. The summed E-state index contributed by atoms with van der Waals surface area (Å²) in [5.74, 6) is -0.679. The molecule has 0 bridgehead atoms. The number of carbonyl (C=O) groups is 3. The van der Waals surface area contributed by atoms with Crippen LogP contribution >= 0.6 is 22.6 Å². The molecule has 1 aliphatic rings. The fraction of sp³-hybridized carbons (Fsp3) is 0.400. The Morgan fingerprint density at radius 1 is 1.23 bits per heavy atom. The number of nitrogens with zero attached hydrogens (tertiary/aromatic N) is 1. The molecule has 1 aliphatic heterocycles. The van der Waals surface area contributed by atoms with E-state index in [9.17, 15) is 14.4 Å². The smallest absolute Gasteiger partial charge is 0.408 e. The molecular formula is C15H17IN2O4. The highest BCUT2D eigenvalue weighted by Gasteiger charge is 2.36. The standard InChI is InChI=1S/C15H17IN2O4/c1-15(2,3)22-14(21)17-11(16)8-18-12(19)9-6-4-5-7-10(9)13(18)20/h4-7,11H,8H2,1-3H3,(H,17,21)/t11-/m0/s1. The van der Waals surface area contributed by atoms with Crippen molar-refractivity contribution in [3.63, 3.8) is 0 Å². The second-order valence-corrected chi connectivity index (χ2v) is 7.38. The van der Waals surface area contributed by atoms with Crippen LogP contribution in [0.3, 0.4) is 0 Å². The first-order valence-corrected chi connectivity index (χ1v) is 8.02. The molecule has 1 atom stereocenters. The van der Waals surface area contributed by atoms with Crippen LogP contribution in [0.15, 0.2) is 24.3 Å². The van der Waals surface area contributed by atoms with Crippen LogP contribution in [0.4, 0.5) is 4.79 Å². The molecule has 1 N–H and O–H groups in total. The van der Waals surface area contributed by atoms with Gasteiger partial charge in [-0.2, -0.15) is 0 Å². The number of hydrogen-bond acceptors (Lipinski definition) is 4. The van der Waals surface area contributed by atoms with Crippen LogP contribution in [0.2, 0.25) is 0 Å². The number of hydrogen-bond donors (Lipinski definition) is 1. The van der Waals surface area contributed by atoms with Crippen LogP contribution in [-0.2, 0) is 4.74 Å². The highest BCUT2D eigenvalue weighted by Crippen LogP contribution is 2.23. The number of imide groups is 1. The third-order valence-electron chi connectivity index (χ3n) is 2.89. The summed E-state index contributed by atoms with van der Waals surface area (Å²) in [6.45, 7) is 5.38. The molecule has 0 aliphatic carbocycles. The summed E-state index contributed by atoms with van der Waals surface area (Å²) < 4.78 is 4.71. The summed E-state index contributed by atoms with van der Waals surface area (Å²) in [5.41, 5.74) is 0.192. The number of alkyl carbamates (subject to hydrolysis) is 1. The SMILES string of the molecule is CC(C)(C)OC(=O)N[C@H](I)CN1C(=O)c2ccccc2C1=O. The van der Waals surface area contributed by atoms with Gasteiger partial charge < -0.3 is 10.1 Å². The monoisotopic (exact) mass is 416 g/mol. The Bertz CT molecular complexity index is 589. The minimum atomic E-state index is -0.601. The number of amides is 3. The highest BCUT2D eigenvalue weighted by atomic mass is 127. The maximum absolute atomic E-state index is 12.2. The van der Waals surface area contributed by atoms with Crippen molar-refractivity contribution in [1.82, 2.24) is 10.2 Å². The van der Waals surface area contributed by atoms with E-state index in [4.69, 9.17) is 4.74 Å². The van der Waals surface area contributed by atoms with Gasteiger partial charge in [-0.3, -0.25) is 14.5 Å². The summed E-state index contributed by atoms with van der Waals surface area (Å²) in [4.78, 5) is 37.3.